The number of pyridine rings is 1. The van der Waals surface area contributed by atoms with Crippen LogP contribution in [0, 0.1) is 5.95 Å². The fourth-order valence-corrected chi connectivity index (χ4v) is 1.51. The minimum atomic E-state index is -0.638. The number of nitrogens with zero attached hydrogens (tertiary/aromatic N) is 2. The number of rotatable bonds is 6. The highest BCUT2D eigenvalue weighted by atomic mass is 18.2. The summed E-state index contributed by atoms with van der Waals surface area (Å²) in [6.45, 7) is 7.41. The molecule has 1 heterocycles. The van der Waals surface area contributed by atoms with Gasteiger partial charge in [-0.25, -0.2) is 4.98 Å². The lowest BCUT2D eigenvalue weighted by atomic mass is 10.2. The van der Waals surface area contributed by atoms with Gasteiger partial charge in [-0.1, -0.05) is 13.8 Å². The summed E-state index contributed by atoms with van der Waals surface area (Å²) >= 11 is 0. The Balaban J connectivity index is 2.40. The SMILES string of the molecule is CCN(CC)CCNC(=O)c1ccnc([18F])c1. The van der Waals surface area contributed by atoms with E-state index in [1.54, 1.807) is 0 Å². The highest BCUT2D eigenvalue weighted by Gasteiger charge is 2.06. The van der Waals surface area contributed by atoms with Gasteiger partial charge in [0.1, 0.15) is 0 Å². The van der Waals surface area contributed by atoms with Crippen LogP contribution in [0.5, 0.6) is 0 Å². The van der Waals surface area contributed by atoms with Gasteiger partial charge in [-0.05, 0) is 19.2 Å². The average molecular weight is 238 g/mol. The van der Waals surface area contributed by atoms with Crippen molar-refractivity contribution in [3.05, 3.63) is 29.8 Å². The van der Waals surface area contributed by atoms with E-state index in [1.165, 1.54) is 12.3 Å². The molecule has 0 aliphatic carbocycles. The van der Waals surface area contributed by atoms with Crippen molar-refractivity contribution in [2.24, 2.45) is 0 Å². The molecule has 0 aliphatic rings. The molecule has 1 N–H and O–H groups in total. The number of hydrogen-bond acceptors (Lipinski definition) is 3. The number of nitrogens with one attached hydrogen (secondary N) is 1. The zero-order valence-electron chi connectivity index (χ0n) is 10.2. The lowest BCUT2D eigenvalue weighted by molar-refractivity contribution is 0.0948. The molecule has 0 atom stereocenters. The number of amides is 1. The van der Waals surface area contributed by atoms with Crippen LogP contribution in [0.2, 0.25) is 0 Å². The first-order chi connectivity index (χ1) is 8.17. The normalized spacial score (nSPS) is 10.6. The van der Waals surface area contributed by atoms with Crippen molar-refractivity contribution in [1.29, 1.82) is 0 Å². The molecule has 5 heteroatoms. The number of carbonyl (C=O) groups excluding carboxylic acids is 1. The number of halogens is 1. The van der Waals surface area contributed by atoms with Crippen molar-refractivity contribution in [3.63, 3.8) is 0 Å². The molecule has 0 fully saturated rings. The molecule has 0 saturated heterocycles. The monoisotopic (exact) mass is 238 g/mol. The maximum atomic E-state index is 12.8. The van der Waals surface area contributed by atoms with Gasteiger partial charge in [0.15, 0.2) is 0 Å². The molecule has 0 unspecified atom stereocenters. The molecule has 0 aliphatic heterocycles. The summed E-state index contributed by atoms with van der Waals surface area (Å²) in [5.74, 6) is -0.903. The maximum absolute atomic E-state index is 12.8. The fourth-order valence-electron chi connectivity index (χ4n) is 1.51. The molecule has 0 aromatic carbocycles. The predicted octanol–water partition coefficient (Wildman–Crippen LogP) is 1.29. The fraction of sp³-hybridized carbons (Fsp3) is 0.500. The molecule has 1 amide bonds. The zero-order chi connectivity index (χ0) is 12.7. The van der Waals surface area contributed by atoms with Gasteiger partial charge in [0.05, 0.1) is 0 Å². The van der Waals surface area contributed by atoms with Crippen LogP contribution < -0.4 is 5.32 Å². The molecule has 0 bridgehead atoms. The van der Waals surface area contributed by atoms with E-state index in [-0.39, 0.29) is 5.91 Å². The van der Waals surface area contributed by atoms with E-state index < -0.39 is 5.95 Å². The van der Waals surface area contributed by atoms with Crippen molar-refractivity contribution >= 4 is 5.91 Å². The standard InChI is InChI=1S/C12H18FN3O/c1-3-16(4-2)8-7-15-12(17)10-5-6-14-11(13)9-10/h5-6,9H,3-4,7-8H2,1-2H3,(H,15,17)/i13-1. The first-order valence-electron chi connectivity index (χ1n) is 5.79. The van der Waals surface area contributed by atoms with E-state index >= 15 is 0 Å². The van der Waals surface area contributed by atoms with Crippen molar-refractivity contribution in [3.8, 4) is 0 Å². The van der Waals surface area contributed by atoms with Gasteiger partial charge in [0.25, 0.3) is 5.91 Å². The molecule has 94 valence electrons. The van der Waals surface area contributed by atoms with Gasteiger partial charge >= 0.3 is 0 Å². The van der Waals surface area contributed by atoms with Crippen LogP contribution in [-0.2, 0) is 0 Å². The van der Waals surface area contributed by atoms with Gasteiger partial charge in [-0.2, -0.15) is 4.39 Å². The Bertz CT molecular complexity index is 367. The molecule has 1 aromatic heterocycles. The number of likely N-dealkylation sites (N-methyl/N-ethyl adjacent to an activating group) is 1. The van der Waals surface area contributed by atoms with Crippen LogP contribution in [0.25, 0.3) is 0 Å². The quantitative estimate of drug-likeness (QED) is 0.760. The smallest absolute Gasteiger partial charge is 0.251 e. The Morgan fingerprint density at radius 2 is 2.18 bits per heavy atom. The van der Waals surface area contributed by atoms with Gasteiger partial charge in [0, 0.05) is 30.9 Å². The topological polar surface area (TPSA) is 45.2 Å². The van der Waals surface area contributed by atoms with Gasteiger partial charge < -0.3 is 10.2 Å². The Labute approximate surface area is 101 Å². The van der Waals surface area contributed by atoms with Gasteiger partial charge in [-0.15, -0.1) is 0 Å². The van der Waals surface area contributed by atoms with Gasteiger partial charge in [-0.3, -0.25) is 4.79 Å². The summed E-state index contributed by atoms with van der Waals surface area (Å²) in [5.41, 5.74) is 0.303. The predicted molar refractivity (Wildman–Crippen MR) is 64.3 cm³/mol. The van der Waals surface area contributed by atoms with Gasteiger partial charge in [0.2, 0.25) is 5.95 Å². The second-order valence-corrected chi connectivity index (χ2v) is 3.65. The second-order valence-electron chi connectivity index (χ2n) is 3.65. The maximum Gasteiger partial charge on any atom is 0.251 e. The summed E-state index contributed by atoms with van der Waals surface area (Å²) in [6.07, 6.45) is 1.29. The summed E-state index contributed by atoms with van der Waals surface area (Å²) in [7, 11) is 0. The molecule has 1 aromatic rings. The molecule has 4 nitrogen and oxygen atoms in total. The van der Waals surface area contributed by atoms with E-state index in [1.807, 2.05) is 0 Å². The van der Waals surface area contributed by atoms with E-state index in [0.29, 0.717) is 12.1 Å². The Kier molecular flexibility index (Phi) is 5.56. The van der Waals surface area contributed by atoms with E-state index in [2.05, 4.69) is 29.0 Å². The first kappa shape index (κ1) is 13.6. The first-order valence-corrected chi connectivity index (χ1v) is 5.79. The van der Waals surface area contributed by atoms with Crippen molar-refractivity contribution in [2.45, 2.75) is 13.8 Å². The summed E-state index contributed by atoms with van der Waals surface area (Å²) in [4.78, 5) is 17.2. The summed E-state index contributed by atoms with van der Waals surface area (Å²) in [5, 5.41) is 2.75. The van der Waals surface area contributed by atoms with Crippen LogP contribution in [0.15, 0.2) is 18.3 Å². The average Bonchev–Trinajstić information content (AvgIpc) is 2.34. The number of aromatic nitrogens is 1. The highest BCUT2D eigenvalue weighted by Crippen LogP contribution is 1.99. The van der Waals surface area contributed by atoms with Crippen LogP contribution in [0.4, 0.5) is 4.39 Å². The molecule has 0 spiro atoms. The minimum Gasteiger partial charge on any atom is -0.351 e. The van der Waals surface area contributed by atoms with E-state index in [9.17, 15) is 9.18 Å². The third kappa shape index (κ3) is 4.48. The summed E-state index contributed by atoms with van der Waals surface area (Å²) in [6, 6.07) is 2.63. The Hall–Kier alpha value is -1.49. The van der Waals surface area contributed by atoms with Crippen molar-refractivity contribution < 1.29 is 9.18 Å². The molecular weight excluding hydrogens is 220 g/mol. The molecule has 0 radical (unpaired) electrons. The lowest BCUT2D eigenvalue weighted by Gasteiger charge is -2.17. The third-order valence-corrected chi connectivity index (χ3v) is 2.60. The highest BCUT2D eigenvalue weighted by molar-refractivity contribution is 5.93. The van der Waals surface area contributed by atoms with Crippen LogP contribution in [0.1, 0.15) is 24.2 Å². The second kappa shape index (κ2) is 6.96. The summed E-state index contributed by atoms with van der Waals surface area (Å²) < 4.78 is 12.8. The third-order valence-electron chi connectivity index (χ3n) is 2.60. The number of carbonyl (C=O) groups is 1. The minimum absolute atomic E-state index is 0.265. The van der Waals surface area contributed by atoms with Crippen molar-refractivity contribution in [1.82, 2.24) is 15.2 Å². The van der Waals surface area contributed by atoms with E-state index in [4.69, 9.17) is 0 Å². The Morgan fingerprint density at radius 1 is 1.47 bits per heavy atom. The van der Waals surface area contributed by atoms with Crippen LogP contribution in [-0.4, -0.2) is 42.0 Å². The van der Waals surface area contributed by atoms with Crippen LogP contribution in [0.3, 0.4) is 0 Å². The molecule has 1 rings (SSSR count). The van der Waals surface area contributed by atoms with Crippen LogP contribution >= 0.6 is 0 Å². The van der Waals surface area contributed by atoms with Crippen molar-refractivity contribution in [2.75, 3.05) is 26.2 Å². The molecule has 17 heavy (non-hydrogen) atoms. The Morgan fingerprint density at radius 3 is 2.76 bits per heavy atom. The molecular formula is C12H18FN3O. The largest absolute Gasteiger partial charge is 0.351 e. The lowest BCUT2D eigenvalue weighted by Crippen LogP contribution is -2.34. The zero-order valence-corrected chi connectivity index (χ0v) is 10.2. The van der Waals surface area contributed by atoms with E-state index in [0.717, 1.165) is 25.7 Å². The molecule has 0 saturated carbocycles. The number of hydrogen-bond donors (Lipinski definition) is 1.